The molecule has 2 aromatic rings. The minimum absolute atomic E-state index is 0.0352. The van der Waals surface area contributed by atoms with Crippen molar-refractivity contribution in [2.24, 2.45) is 11.8 Å². The maximum absolute atomic E-state index is 13.7. The second kappa shape index (κ2) is 14.9. The van der Waals surface area contributed by atoms with Gasteiger partial charge in [-0.05, 0) is 42.7 Å². The third-order valence-electron chi connectivity index (χ3n) is 7.50. The highest BCUT2D eigenvalue weighted by Crippen LogP contribution is 2.34. The number of hydrogen-bond donors (Lipinski definition) is 0. The van der Waals surface area contributed by atoms with Crippen molar-refractivity contribution < 1.29 is 9.59 Å². The Hall–Kier alpha value is -2.36. The van der Waals surface area contributed by atoms with Gasteiger partial charge in [-0.2, -0.15) is 0 Å². The second-order valence-corrected chi connectivity index (χ2v) is 10.4. The van der Waals surface area contributed by atoms with Gasteiger partial charge in [0.1, 0.15) is 17.5 Å². The molecule has 1 aromatic carbocycles. The van der Waals surface area contributed by atoms with Gasteiger partial charge in [0.15, 0.2) is 5.78 Å². The summed E-state index contributed by atoms with van der Waals surface area (Å²) in [5, 5.41) is 0. The number of carbonyl (C=O) groups excluding carboxylic acids is 2. The Balaban J connectivity index is 1.62. The van der Waals surface area contributed by atoms with Crippen molar-refractivity contribution in [2.75, 3.05) is 0 Å². The molecule has 0 bridgehead atoms. The largest absolute Gasteiger partial charge is 0.299 e. The van der Waals surface area contributed by atoms with E-state index in [1.165, 1.54) is 44.9 Å². The molecule has 0 saturated heterocycles. The Morgan fingerprint density at radius 2 is 1.54 bits per heavy atom. The lowest BCUT2D eigenvalue weighted by Gasteiger charge is -2.28. The Morgan fingerprint density at radius 3 is 2.17 bits per heavy atom. The first-order valence-electron chi connectivity index (χ1n) is 14.1. The Bertz CT molecular complexity index is 894. The Morgan fingerprint density at radius 1 is 0.886 bits per heavy atom. The highest BCUT2D eigenvalue weighted by atomic mass is 16.2. The topological polar surface area (TPSA) is 59.9 Å². The van der Waals surface area contributed by atoms with E-state index in [0.29, 0.717) is 24.6 Å². The van der Waals surface area contributed by atoms with Crippen LogP contribution in [-0.4, -0.2) is 21.5 Å². The van der Waals surface area contributed by atoms with E-state index in [4.69, 9.17) is 0 Å². The number of nitrogens with zero attached hydrogens (tertiary/aromatic N) is 2. The van der Waals surface area contributed by atoms with Crippen molar-refractivity contribution in [1.29, 1.82) is 0 Å². The predicted octanol–water partition coefficient (Wildman–Crippen LogP) is 7.65. The number of carbonyl (C=O) groups is 2. The molecule has 1 saturated carbocycles. The molecule has 4 nitrogen and oxygen atoms in total. The molecule has 1 aliphatic rings. The van der Waals surface area contributed by atoms with E-state index >= 15 is 0 Å². The van der Waals surface area contributed by atoms with Gasteiger partial charge in [0, 0.05) is 18.8 Å². The minimum atomic E-state index is -0.579. The fourth-order valence-corrected chi connectivity index (χ4v) is 5.44. The van der Waals surface area contributed by atoms with Crippen molar-refractivity contribution in [3.63, 3.8) is 0 Å². The molecule has 3 atom stereocenters. The average Bonchev–Trinajstić information content (AvgIpc) is 2.87. The lowest BCUT2D eigenvalue weighted by atomic mass is 9.74. The average molecular weight is 477 g/mol. The van der Waals surface area contributed by atoms with Crippen LogP contribution in [0.1, 0.15) is 120 Å². The van der Waals surface area contributed by atoms with Gasteiger partial charge in [0.2, 0.25) is 0 Å². The molecule has 0 radical (unpaired) electrons. The normalized spacial score (nSPS) is 19.0. The number of aryl methyl sites for hydroxylation is 1. The molecule has 1 heterocycles. The molecular formula is C31H44N2O2. The molecule has 0 spiro atoms. The number of benzene rings is 1. The second-order valence-electron chi connectivity index (χ2n) is 10.4. The first-order valence-corrected chi connectivity index (χ1v) is 14.1. The van der Waals surface area contributed by atoms with E-state index < -0.39 is 11.8 Å². The van der Waals surface area contributed by atoms with E-state index in [9.17, 15) is 9.59 Å². The van der Waals surface area contributed by atoms with Crippen LogP contribution in [0.5, 0.6) is 0 Å². The Kier molecular flexibility index (Phi) is 11.6. The molecule has 1 aromatic heterocycles. The molecule has 3 unspecified atom stereocenters. The minimum Gasteiger partial charge on any atom is -0.299 e. The number of Topliss-reactive ketones (excluding diaryl/α,β-unsaturated/α-hetero) is 2. The van der Waals surface area contributed by atoms with E-state index in [1.807, 2.05) is 42.7 Å². The van der Waals surface area contributed by atoms with Crippen LogP contribution in [0, 0.1) is 11.8 Å². The summed E-state index contributed by atoms with van der Waals surface area (Å²) in [5.74, 6) is -0.0965. The van der Waals surface area contributed by atoms with Crippen LogP contribution < -0.4 is 0 Å². The third kappa shape index (κ3) is 8.37. The van der Waals surface area contributed by atoms with Crippen molar-refractivity contribution in [2.45, 2.75) is 110 Å². The van der Waals surface area contributed by atoms with Crippen LogP contribution in [0.15, 0.2) is 42.7 Å². The highest BCUT2D eigenvalue weighted by Gasteiger charge is 2.38. The van der Waals surface area contributed by atoms with Crippen LogP contribution >= 0.6 is 0 Å². The summed E-state index contributed by atoms with van der Waals surface area (Å²) >= 11 is 0. The first kappa shape index (κ1) is 27.2. The van der Waals surface area contributed by atoms with Crippen LogP contribution in [-0.2, 0) is 16.0 Å². The Labute approximate surface area is 212 Å². The van der Waals surface area contributed by atoms with E-state index in [1.54, 1.807) is 0 Å². The van der Waals surface area contributed by atoms with Crippen molar-refractivity contribution in [3.8, 4) is 0 Å². The van der Waals surface area contributed by atoms with Crippen LogP contribution in [0.25, 0.3) is 0 Å². The van der Waals surface area contributed by atoms with Crippen LogP contribution in [0.4, 0.5) is 0 Å². The summed E-state index contributed by atoms with van der Waals surface area (Å²) in [7, 11) is 0. The molecule has 1 aliphatic carbocycles. The molecule has 4 heteroatoms. The lowest BCUT2D eigenvalue weighted by Crippen LogP contribution is -2.35. The molecule has 1 fully saturated rings. The lowest BCUT2D eigenvalue weighted by molar-refractivity contribution is -0.135. The van der Waals surface area contributed by atoms with Crippen LogP contribution in [0.2, 0.25) is 0 Å². The summed E-state index contributed by atoms with van der Waals surface area (Å²) in [4.78, 5) is 35.9. The van der Waals surface area contributed by atoms with E-state index in [2.05, 4.69) is 23.8 Å². The number of rotatable bonds is 15. The van der Waals surface area contributed by atoms with E-state index in [0.717, 1.165) is 43.2 Å². The van der Waals surface area contributed by atoms with Crippen LogP contribution in [0.3, 0.4) is 0 Å². The van der Waals surface area contributed by atoms with Crippen molar-refractivity contribution >= 4 is 11.6 Å². The van der Waals surface area contributed by atoms with Gasteiger partial charge in [-0.1, -0.05) is 102 Å². The zero-order valence-electron chi connectivity index (χ0n) is 21.9. The molecular weight excluding hydrogens is 432 g/mol. The molecule has 0 amide bonds. The SMILES string of the molecule is CCCCCCCCCCc1cnc(C(C(=O)C2CCC(CCC)CC2=O)c2ccccc2)nc1. The fourth-order valence-electron chi connectivity index (χ4n) is 5.44. The number of ketones is 2. The first-order chi connectivity index (χ1) is 17.1. The van der Waals surface area contributed by atoms with Crippen molar-refractivity contribution in [1.82, 2.24) is 9.97 Å². The fraction of sp³-hybridized carbons (Fsp3) is 0.613. The molecule has 0 N–H and O–H groups in total. The molecule has 3 rings (SSSR count). The van der Waals surface area contributed by atoms with Gasteiger partial charge in [0.05, 0.1) is 5.92 Å². The monoisotopic (exact) mass is 476 g/mol. The molecule has 35 heavy (non-hydrogen) atoms. The number of unbranched alkanes of at least 4 members (excludes halogenated alkanes) is 7. The summed E-state index contributed by atoms with van der Waals surface area (Å²) in [6.07, 6.45) is 19.4. The van der Waals surface area contributed by atoms with Gasteiger partial charge in [-0.25, -0.2) is 9.97 Å². The molecule has 0 aliphatic heterocycles. The quantitative estimate of drug-likeness (QED) is 0.196. The zero-order valence-corrected chi connectivity index (χ0v) is 21.9. The predicted molar refractivity (Wildman–Crippen MR) is 142 cm³/mol. The summed E-state index contributed by atoms with van der Waals surface area (Å²) < 4.78 is 0. The van der Waals surface area contributed by atoms with Gasteiger partial charge in [-0.3, -0.25) is 9.59 Å². The van der Waals surface area contributed by atoms with Gasteiger partial charge in [0.25, 0.3) is 0 Å². The smallest absolute Gasteiger partial charge is 0.158 e. The number of aromatic nitrogens is 2. The zero-order chi connectivity index (χ0) is 24.9. The standard InChI is InChI=1S/C31H44N2O2/c1-3-5-6-7-8-9-10-12-16-25-22-32-31(33-23-25)29(26-17-13-11-14-18-26)30(35)27-20-19-24(15-4-2)21-28(27)34/h11,13-14,17-18,22-24,27,29H,3-10,12,15-16,19-21H2,1-2H3. The maximum atomic E-state index is 13.7. The maximum Gasteiger partial charge on any atom is 0.158 e. The summed E-state index contributed by atoms with van der Waals surface area (Å²) in [6.45, 7) is 4.41. The third-order valence-corrected chi connectivity index (χ3v) is 7.50. The number of hydrogen-bond acceptors (Lipinski definition) is 4. The highest BCUT2D eigenvalue weighted by molar-refractivity contribution is 6.06. The van der Waals surface area contributed by atoms with Gasteiger partial charge in [-0.15, -0.1) is 0 Å². The summed E-state index contributed by atoms with van der Waals surface area (Å²) in [6, 6.07) is 9.72. The van der Waals surface area contributed by atoms with E-state index in [-0.39, 0.29) is 11.6 Å². The van der Waals surface area contributed by atoms with Gasteiger partial charge >= 0.3 is 0 Å². The molecule has 190 valence electrons. The van der Waals surface area contributed by atoms with Gasteiger partial charge < -0.3 is 0 Å². The summed E-state index contributed by atoms with van der Waals surface area (Å²) in [5.41, 5.74) is 1.99. The van der Waals surface area contributed by atoms with Crippen molar-refractivity contribution in [3.05, 3.63) is 59.7 Å².